The van der Waals surface area contributed by atoms with Gasteiger partial charge in [0.15, 0.2) is 0 Å². The van der Waals surface area contributed by atoms with Crippen LogP contribution >= 0.6 is 11.6 Å². The first kappa shape index (κ1) is 14.6. The number of fused-ring (bicyclic) bond motifs is 1. The molecule has 2 aromatic carbocycles. The Labute approximate surface area is 132 Å². The van der Waals surface area contributed by atoms with Crippen molar-refractivity contribution >= 4 is 11.6 Å². The fourth-order valence-corrected chi connectivity index (χ4v) is 3.67. The molecule has 0 heterocycles. The third-order valence-corrected chi connectivity index (χ3v) is 4.78. The third-order valence-electron chi connectivity index (χ3n) is 4.44. The van der Waals surface area contributed by atoms with Crippen LogP contribution in [0.1, 0.15) is 34.6 Å². The van der Waals surface area contributed by atoms with Gasteiger partial charge < -0.3 is 5.32 Å². The van der Waals surface area contributed by atoms with Crippen molar-refractivity contribution in [2.75, 3.05) is 13.6 Å². The lowest BCUT2D eigenvalue weighted by molar-refractivity contribution is 0.625. The fraction of sp³-hybridized carbons (Fsp3) is 0.368. The van der Waals surface area contributed by atoms with E-state index < -0.39 is 0 Å². The van der Waals surface area contributed by atoms with Crippen molar-refractivity contribution in [1.29, 1.82) is 0 Å². The van der Waals surface area contributed by atoms with E-state index in [2.05, 4.69) is 35.6 Å². The van der Waals surface area contributed by atoms with Crippen LogP contribution in [0, 0.1) is 0 Å². The van der Waals surface area contributed by atoms with E-state index >= 15 is 0 Å². The molecule has 1 nitrogen and oxygen atoms in total. The van der Waals surface area contributed by atoms with Gasteiger partial charge in [-0.25, -0.2) is 0 Å². The van der Waals surface area contributed by atoms with Gasteiger partial charge in [-0.3, -0.25) is 0 Å². The average molecular weight is 300 g/mol. The molecule has 2 aromatic rings. The largest absolute Gasteiger partial charge is 0.319 e. The van der Waals surface area contributed by atoms with Crippen LogP contribution < -0.4 is 5.32 Å². The maximum absolute atomic E-state index is 6.39. The summed E-state index contributed by atoms with van der Waals surface area (Å²) in [5, 5.41) is 4.18. The monoisotopic (exact) mass is 299 g/mol. The highest BCUT2D eigenvalue weighted by Crippen LogP contribution is 2.29. The van der Waals surface area contributed by atoms with E-state index in [0.717, 1.165) is 18.0 Å². The van der Waals surface area contributed by atoms with Crippen LogP contribution in [0.25, 0.3) is 0 Å². The molecule has 3 rings (SSSR count). The maximum Gasteiger partial charge on any atom is 0.0441 e. The molecule has 1 atom stereocenters. The topological polar surface area (TPSA) is 12.0 Å². The first-order chi connectivity index (χ1) is 10.3. The second-order valence-corrected chi connectivity index (χ2v) is 6.34. The van der Waals surface area contributed by atoms with Crippen LogP contribution in [0.3, 0.4) is 0 Å². The van der Waals surface area contributed by atoms with Crippen LogP contribution in [0.4, 0.5) is 0 Å². The predicted molar refractivity (Wildman–Crippen MR) is 90.3 cm³/mol. The van der Waals surface area contributed by atoms with Gasteiger partial charge >= 0.3 is 0 Å². The molecule has 0 saturated carbocycles. The molecule has 21 heavy (non-hydrogen) atoms. The van der Waals surface area contributed by atoms with E-state index in [1.165, 1.54) is 30.4 Å². The Kier molecular flexibility index (Phi) is 4.62. The molecular weight excluding hydrogens is 278 g/mol. The molecule has 0 bridgehead atoms. The molecule has 0 aromatic heterocycles. The number of halogens is 1. The number of rotatable bonds is 5. The quantitative estimate of drug-likeness (QED) is 0.864. The van der Waals surface area contributed by atoms with Crippen molar-refractivity contribution in [1.82, 2.24) is 5.32 Å². The van der Waals surface area contributed by atoms with Crippen LogP contribution in [0.5, 0.6) is 0 Å². The van der Waals surface area contributed by atoms with E-state index in [1.54, 1.807) is 11.1 Å². The number of aryl methyl sites for hydroxylation is 2. The van der Waals surface area contributed by atoms with Crippen molar-refractivity contribution in [3.8, 4) is 0 Å². The molecule has 2 heteroatoms. The lowest BCUT2D eigenvalue weighted by Crippen LogP contribution is -2.19. The van der Waals surface area contributed by atoms with Gasteiger partial charge in [0, 0.05) is 17.5 Å². The van der Waals surface area contributed by atoms with Gasteiger partial charge in [-0.2, -0.15) is 0 Å². The molecule has 0 aliphatic heterocycles. The van der Waals surface area contributed by atoms with Crippen molar-refractivity contribution in [2.45, 2.75) is 31.6 Å². The number of benzene rings is 2. The zero-order chi connectivity index (χ0) is 14.7. The van der Waals surface area contributed by atoms with Crippen LogP contribution in [0.2, 0.25) is 5.02 Å². The number of hydrogen-bond acceptors (Lipinski definition) is 1. The molecule has 0 amide bonds. The highest BCUT2D eigenvalue weighted by atomic mass is 35.5. The normalized spacial score (nSPS) is 15.0. The lowest BCUT2D eigenvalue weighted by Gasteiger charge is -2.19. The Balaban J connectivity index is 1.84. The summed E-state index contributed by atoms with van der Waals surface area (Å²) >= 11 is 6.39. The van der Waals surface area contributed by atoms with Gasteiger partial charge in [-0.05, 0) is 61.1 Å². The van der Waals surface area contributed by atoms with E-state index in [9.17, 15) is 0 Å². The minimum atomic E-state index is 0.420. The lowest BCUT2D eigenvalue weighted by atomic mass is 9.90. The summed E-state index contributed by atoms with van der Waals surface area (Å²) < 4.78 is 0. The zero-order valence-corrected chi connectivity index (χ0v) is 13.3. The summed E-state index contributed by atoms with van der Waals surface area (Å²) in [6, 6.07) is 15.2. The molecule has 1 N–H and O–H groups in total. The Bertz CT molecular complexity index is 621. The highest BCUT2D eigenvalue weighted by molar-refractivity contribution is 6.31. The summed E-state index contributed by atoms with van der Waals surface area (Å²) in [5.74, 6) is 0.420. The Morgan fingerprint density at radius 1 is 1.10 bits per heavy atom. The molecule has 0 spiro atoms. The second kappa shape index (κ2) is 6.64. The summed E-state index contributed by atoms with van der Waals surface area (Å²) in [6.07, 6.45) is 4.84. The molecule has 1 unspecified atom stereocenters. The minimum Gasteiger partial charge on any atom is -0.319 e. The van der Waals surface area contributed by atoms with Gasteiger partial charge in [0.05, 0.1) is 0 Å². The highest BCUT2D eigenvalue weighted by Gasteiger charge is 2.16. The Hall–Kier alpha value is -1.31. The first-order valence-electron chi connectivity index (χ1n) is 7.77. The van der Waals surface area contributed by atoms with E-state index in [0.29, 0.717) is 5.92 Å². The van der Waals surface area contributed by atoms with Crippen molar-refractivity contribution < 1.29 is 0 Å². The Morgan fingerprint density at radius 3 is 2.71 bits per heavy atom. The van der Waals surface area contributed by atoms with Crippen molar-refractivity contribution in [2.24, 2.45) is 0 Å². The number of hydrogen-bond donors (Lipinski definition) is 1. The number of likely N-dealkylation sites (N-methyl/N-ethyl adjacent to an activating group) is 1. The standard InChI is InChI=1S/C19H22ClN/c1-21-13-17(18-7-2-3-8-19(18)20)12-14-9-10-15-5-4-6-16(15)11-14/h2-3,7-11,17,21H,4-6,12-13H2,1H3. The molecule has 110 valence electrons. The molecule has 0 saturated heterocycles. The maximum atomic E-state index is 6.39. The summed E-state index contributed by atoms with van der Waals surface area (Å²) in [5.41, 5.74) is 5.77. The number of nitrogens with one attached hydrogen (secondary N) is 1. The van der Waals surface area contributed by atoms with Crippen LogP contribution in [-0.2, 0) is 19.3 Å². The van der Waals surface area contributed by atoms with E-state index in [4.69, 9.17) is 11.6 Å². The molecule has 0 radical (unpaired) electrons. The van der Waals surface area contributed by atoms with Gasteiger partial charge in [-0.15, -0.1) is 0 Å². The SMILES string of the molecule is CNCC(Cc1ccc2c(c1)CCC2)c1ccccc1Cl. The average Bonchev–Trinajstić information content (AvgIpc) is 2.95. The summed E-state index contributed by atoms with van der Waals surface area (Å²) in [7, 11) is 2.01. The molecular formula is C19H22ClN. The van der Waals surface area contributed by atoms with Gasteiger partial charge in [0.2, 0.25) is 0 Å². The second-order valence-electron chi connectivity index (χ2n) is 5.94. The van der Waals surface area contributed by atoms with Crippen molar-refractivity contribution in [3.05, 3.63) is 69.7 Å². The fourth-order valence-electron chi connectivity index (χ4n) is 3.38. The zero-order valence-electron chi connectivity index (χ0n) is 12.5. The smallest absolute Gasteiger partial charge is 0.0441 e. The predicted octanol–water partition coefficient (Wildman–Crippen LogP) is 4.37. The van der Waals surface area contributed by atoms with Gasteiger partial charge in [0.1, 0.15) is 0 Å². The van der Waals surface area contributed by atoms with Gasteiger partial charge in [0.25, 0.3) is 0 Å². The molecule has 0 fully saturated rings. The molecule has 1 aliphatic carbocycles. The van der Waals surface area contributed by atoms with Crippen LogP contribution in [-0.4, -0.2) is 13.6 Å². The van der Waals surface area contributed by atoms with Crippen molar-refractivity contribution in [3.63, 3.8) is 0 Å². The third kappa shape index (κ3) is 3.30. The van der Waals surface area contributed by atoms with E-state index in [1.807, 2.05) is 19.2 Å². The van der Waals surface area contributed by atoms with Gasteiger partial charge in [-0.1, -0.05) is 48.0 Å². The Morgan fingerprint density at radius 2 is 1.90 bits per heavy atom. The summed E-state index contributed by atoms with van der Waals surface area (Å²) in [6.45, 7) is 0.945. The first-order valence-corrected chi connectivity index (χ1v) is 8.15. The van der Waals surface area contributed by atoms with E-state index in [-0.39, 0.29) is 0 Å². The molecule has 1 aliphatic rings. The minimum absolute atomic E-state index is 0.420. The summed E-state index contributed by atoms with van der Waals surface area (Å²) in [4.78, 5) is 0. The van der Waals surface area contributed by atoms with Crippen LogP contribution in [0.15, 0.2) is 42.5 Å².